The van der Waals surface area contributed by atoms with Gasteiger partial charge < -0.3 is 19.4 Å². The molecule has 0 spiro atoms. The summed E-state index contributed by atoms with van der Waals surface area (Å²) in [5, 5.41) is 1.42. The molecule has 2 N–H and O–H groups in total. The molecule has 0 bridgehead atoms. The molecule has 0 saturated carbocycles. The van der Waals surface area contributed by atoms with Crippen LogP contribution in [0.25, 0.3) is 16.6 Å². The van der Waals surface area contributed by atoms with E-state index in [2.05, 4.69) is 55.5 Å². The topological polar surface area (TPSA) is 133 Å². The van der Waals surface area contributed by atoms with E-state index in [1.165, 1.54) is 22.9 Å². The average molecular weight is 909 g/mol. The van der Waals surface area contributed by atoms with Crippen molar-refractivity contribution in [3.05, 3.63) is 106 Å². The Morgan fingerprint density at radius 1 is 0.984 bits per heavy atom. The van der Waals surface area contributed by atoms with E-state index < -0.39 is 41.4 Å². The summed E-state index contributed by atoms with van der Waals surface area (Å²) in [4.78, 5) is 31.5. The molecule has 8 rings (SSSR count). The molecule has 1 atom stereocenters. The Balaban J connectivity index is 0.978. The number of nitrogens with zero attached hydrogens (tertiary/aromatic N) is 5. The molecule has 328 valence electrons. The summed E-state index contributed by atoms with van der Waals surface area (Å²) in [7, 11) is -4.48. The Hall–Kier alpha value is -4.80. The number of aromatic nitrogens is 3. The van der Waals surface area contributed by atoms with Crippen molar-refractivity contribution >= 4 is 61.4 Å². The van der Waals surface area contributed by atoms with Crippen LogP contribution in [0.3, 0.4) is 0 Å². The lowest BCUT2D eigenvalue weighted by Crippen LogP contribution is -2.47. The van der Waals surface area contributed by atoms with Gasteiger partial charge in [0.2, 0.25) is 5.88 Å². The van der Waals surface area contributed by atoms with Gasteiger partial charge in [0.15, 0.2) is 0 Å². The number of fused-ring (bicyclic) bond motifs is 1. The number of nitrogens with one attached hydrogen (secondary N) is 2. The lowest BCUT2D eigenvalue weighted by atomic mass is 9.72. The number of allylic oxidation sites excluding steroid dienone is 1. The highest BCUT2D eigenvalue weighted by Crippen LogP contribution is 2.43. The van der Waals surface area contributed by atoms with Gasteiger partial charge in [-0.15, -0.1) is 0 Å². The average Bonchev–Trinajstić information content (AvgIpc) is 3.93. The molecule has 17 heteroatoms. The van der Waals surface area contributed by atoms with Crippen molar-refractivity contribution < 1.29 is 31.5 Å². The van der Waals surface area contributed by atoms with E-state index in [1.807, 2.05) is 18.2 Å². The summed E-state index contributed by atoms with van der Waals surface area (Å²) in [5.41, 5.74) is 5.80. The number of aromatic amines is 1. The van der Waals surface area contributed by atoms with E-state index in [0.29, 0.717) is 24.4 Å². The zero-order valence-electron chi connectivity index (χ0n) is 34.6. The first kappa shape index (κ1) is 43.8. The van der Waals surface area contributed by atoms with Crippen LogP contribution in [-0.2, 0) is 10.0 Å². The van der Waals surface area contributed by atoms with E-state index >= 15 is 0 Å². The van der Waals surface area contributed by atoms with Crippen LogP contribution in [0, 0.1) is 5.41 Å². The van der Waals surface area contributed by atoms with Gasteiger partial charge in [-0.3, -0.25) is 14.6 Å². The van der Waals surface area contributed by atoms with Crippen LogP contribution in [0.2, 0.25) is 10.0 Å². The Morgan fingerprint density at radius 3 is 2.50 bits per heavy atom. The van der Waals surface area contributed by atoms with E-state index in [-0.39, 0.29) is 39.1 Å². The normalized spacial score (nSPS) is 18.8. The SMILES string of the molecule is CC1(C)CCC(CN2CCN(c3ccc(C(=O)NS(=O)(=O)c4cnc(O[C@@H]5CCN(C(CF)CF)C5)c(Cl)c4)c(Oc4cnc5[nH]ccc5c4)c3)CC2)=C(c2ccc(Cl)cc2)C1. The number of alkyl halides is 2. The number of sulfonamides is 1. The number of rotatable bonds is 14. The Morgan fingerprint density at radius 2 is 1.76 bits per heavy atom. The zero-order chi connectivity index (χ0) is 43.6. The van der Waals surface area contributed by atoms with E-state index in [4.69, 9.17) is 32.7 Å². The molecule has 0 radical (unpaired) electrons. The fourth-order valence-electron chi connectivity index (χ4n) is 8.43. The number of halogens is 4. The van der Waals surface area contributed by atoms with Crippen molar-refractivity contribution in [3.8, 4) is 17.4 Å². The lowest BCUT2D eigenvalue weighted by molar-refractivity contribution is 0.0979. The van der Waals surface area contributed by atoms with Crippen LogP contribution in [0.5, 0.6) is 17.4 Å². The number of carbonyl (C=O) groups is 1. The summed E-state index contributed by atoms with van der Waals surface area (Å²) < 4.78 is 68.0. The number of likely N-dealkylation sites (tertiary alicyclic amines) is 1. The van der Waals surface area contributed by atoms with Gasteiger partial charge in [0.05, 0.1) is 24.0 Å². The Labute approximate surface area is 370 Å². The molecule has 5 aromatic rings. The van der Waals surface area contributed by atoms with Crippen LogP contribution >= 0.6 is 23.2 Å². The molecular formula is C45H49Cl2F2N7O5S. The summed E-state index contributed by atoms with van der Waals surface area (Å²) in [6.07, 6.45) is 7.57. The van der Waals surface area contributed by atoms with Gasteiger partial charge in [0.25, 0.3) is 15.9 Å². The Bertz CT molecular complexity index is 2560. The number of benzene rings is 2. The minimum atomic E-state index is -4.48. The molecule has 3 aromatic heterocycles. The number of amides is 1. The first-order valence-corrected chi connectivity index (χ1v) is 23.0. The van der Waals surface area contributed by atoms with Gasteiger partial charge in [0, 0.05) is 74.2 Å². The van der Waals surface area contributed by atoms with Crippen molar-refractivity contribution in [1.29, 1.82) is 0 Å². The number of anilines is 1. The molecular weight excluding hydrogens is 860 g/mol. The molecule has 0 unspecified atom stereocenters. The molecule has 2 fully saturated rings. The standard InChI is InChI=1S/C45H49Cl2F2N7O5S/c1-45(2)12-9-31(39(22-45)29-3-5-32(46)6-4-29)27-54-15-17-55(18-16-54)33-7-8-38(41(20-33)60-36-19-30-10-13-50-42(30)51-25-36)43(57)53-62(58,59)37-21-40(47)44(52-26-37)61-35-11-14-56(28-35)34(23-48)24-49/h3-8,10,13,19-21,25-26,34-35H,9,11-12,14-18,22-24,27-28H2,1-2H3,(H,50,51)(H,53,57)/t35-/m1/s1. The van der Waals surface area contributed by atoms with E-state index in [0.717, 1.165) is 80.3 Å². The van der Waals surface area contributed by atoms with Gasteiger partial charge in [-0.1, -0.05) is 54.8 Å². The number of piperazine rings is 1. The van der Waals surface area contributed by atoms with Gasteiger partial charge in [-0.2, -0.15) is 0 Å². The highest BCUT2D eigenvalue weighted by molar-refractivity contribution is 7.90. The second-order valence-corrected chi connectivity index (χ2v) is 19.5. The number of hydrogen-bond donors (Lipinski definition) is 2. The van der Waals surface area contributed by atoms with Crippen molar-refractivity contribution in [2.45, 2.75) is 56.6 Å². The number of ether oxygens (including phenoxy) is 2. The third kappa shape index (κ3) is 10.0. The smallest absolute Gasteiger partial charge is 0.268 e. The fourth-order valence-corrected chi connectivity index (χ4v) is 9.77. The summed E-state index contributed by atoms with van der Waals surface area (Å²) in [5.74, 6) is -0.451. The molecule has 2 aromatic carbocycles. The van der Waals surface area contributed by atoms with E-state index in [9.17, 15) is 22.0 Å². The molecule has 1 aliphatic carbocycles. The number of H-pyrrole nitrogens is 1. The van der Waals surface area contributed by atoms with Crippen LogP contribution < -0.4 is 19.1 Å². The maximum atomic E-state index is 13.9. The maximum Gasteiger partial charge on any atom is 0.268 e. The molecule has 12 nitrogen and oxygen atoms in total. The summed E-state index contributed by atoms with van der Waals surface area (Å²) >= 11 is 12.7. The van der Waals surface area contributed by atoms with E-state index in [1.54, 1.807) is 35.4 Å². The van der Waals surface area contributed by atoms with Crippen LogP contribution in [0.4, 0.5) is 14.5 Å². The van der Waals surface area contributed by atoms with Crippen LogP contribution in [0.1, 0.15) is 55.5 Å². The van der Waals surface area contributed by atoms with Crippen molar-refractivity contribution in [2.75, 3.05) is 64.1 Å². The minimum Gasteiger partial charge on any atom is -0.472 e. The molecule has 2 aliphatic heterocycles. The molecule has 2 saturated heterocycles. The van der Waals surface area contributed by atoms with Crippen LogP contribution in [-0.4, -0.2) is 110 Å². The monoisotopic (exact) mass is 907 g/mol. The predicted molar refractivity (Wildman–Crippen MR) is 238 cm³/mol. The second kappa shape index (κ2) is 18.5. The molecule has 1 amide bonds. The van der Waals surface area contributed by atoms with Crippen molar-refractivity contribution in [3.63, 3.8) is 0 Å². The quantitative estimate of drug-likeness (QED) is 0.112. The summed E-state index contributed by atoms with van der Waals surface area (Å²) in [6, 6.07) is 17.2. The molecule has 3 aliphatic rings. The van der Waals surface area contributed by atoms with Gasteiger partial charge in [0.1, 0.15) is 46.5 Å². The Kier molecular flexibility index (Phi) is 13.1. The minimum absolute atomic E-state index is 0.0170. The third-order valence-electron chi connectivity index (χ3n) is 12.0. The van der Waals surface area contributed by atoms with Gasteiger partial charge in [-0.25, -0.2) is 31.9 Å². The van der Waals surface area contributed by atoms with Crippen LogP contribution in [0.15, 0.2) is 89.7 Å². The third-order valence-corrected chi connectivity index (χ3v) is 13.8. The molecule has 5 heterocycles. The first-order valence-electron chi connectivity index (χ1n) is 20.7. The lowest BCUT2D eigenvalue weighted by Gasteiger charge is -2.39. The van der Waals surface area contributed by atoms with Crippen molar-refractivity contribution in [1.82, 2.24) is 29.5 Å². The number of carbonyl (C=O) groups excluding carboxylic acids is 1. The highest BCUT2D eigenvalue weighted by Gasteiger charge is 2.32. The number of pyridine rings is 2. The van der Waals surface area contributed by atoms with Crippen molar-refractivity contribution in [2.24, 2.45) is 5.41 Å². The number of hydrogen-bond acceptors (Lipinski definition) is 10. The van der Waals surface area contributed by atoms with Gasteiger partial charge in [-0.05, 0) is 84.7 Å². The largest absolute Gasteiger partial charge is 0.472 e. The van der Waals surface area contributed by atoms with Gasteiger partial charge >= 0.3 is 0 Å². The summed E-state index contributed by atoms with van der Waals surface area (Å²) in [6.45, 7) is 7.73. The zero-order valence-corrected chi connectivity index (χ0v) is 36.9. The highest BCUT2D eigenvalue weighted by atomic mass is 35.5. The predicted octanol–water partition coefficient (Wildman–Crippen LogP) is 8.72. The maximum absolute atomic E-state index is 13.9. The fraction of sp³-hybridized carbons (Fsp3) is 0.400. The molecule has 62 heavy (non-hydrogen) atoms. The first-order chi connectivity index (χ1) is 29.8. The second-order valence-electron chi connectivity index (χ2n) is 16.9.